The molecule has 0 aliphatic rings. The van der Waals surface area contributed by atoms with E-state index in [0.717, 1.165) is 18.5 Å². The maximum Gasteiger partial charge on any atom is 0.239 e. The lowest BCUT2D eigenvalue weighted by atomic mass is 10.0. The van der Waals surface area contributed by atoms with Gasteiger partial charge in [-0.25, -0.2) is 0 Å². The number of aromatic nitrogens is 2. The Morgan fingerprint density at radius 3 is 2.80 bits per heavy atom. The summed E-state index contributed by atoms with van der Waals surface area (Å²) >= 11 is 0. The van der Waals surface area contributed by atoms with Gasteiger partial charge in [-0.1, -0.05) is 43.7 Å². The lowest BCUT2D eigenvalue weighted by Crippen LogP contribution is -2.18. The number of nitrogens with zero attached hydrogens (tertiary/aromatic N) is 2. The molecule has 0 aliphatic heterocycles. The van der Waals surface area contributed by atoms with Crippen LogP contribution in [0.1, 0.15) is 31.4 Å². The number of rotatable bonds is 7. The van der Waals surface area contributed by atoms with Crippen LogP contribution in [0.2, 0.25) is 0 Å². The van der Waals surface area contributed by atoms with Gasteiger partial charge in [-0.3, -0.25) is 9.48 Å². The molecule has 106 valence electrons. The number of anilines is 1. The molecule has 1 unspecified atom stereocenters. The summed E-state index contributed by atoms with van der Waals surface area (Å²) in [6, 6.07) is 10.6. The van der Waals surface area contributed by atoms with Crippen LogP contribution in [0.25, 0.3) is 0 Å². The van der Waals surface area contributed by atoms with Crippen LogP contribution in [0, 0.1) is 0 Å². The highest BCUT2D eigenvalue weighted by Crippen LogP contribution is 2.23. The highest BCUT2D eigenvalue weighted by Gasteiger charge is 2.11. The fraction of sp³-hybridized carbons (Fsp3) is 0.333. The average molecular weight is 272 g/mol. The molecule has 0 saturated heterocycles. The van der Waals surface area contributed by atoms with Gasteiger partial charge in [0.25, 0.3) is 0 Å². The van der Waals surface area contributed by atoms with Crippen LogP contribution in [-0.2, 0) is 11.3 Å². The summed E-state index contributed by atoms with van der Waals surface area (Å²) in [6.45, 7) is 2.26. The summed E-state index contributed by atoms with van der Waals surface area (Å²) in [6.07, 6.45) is 5.64. The maximum absolute atomic E-state index is 10.9. The summed E-state index contributed by atoms with van der Waals surface area (Å²) in [5.74, 6) is -0.396. The summed E-state index contributed by atoms with van der Waals surface area (Å²) in [5, 5.41) is 7.57. The molecule has 5 heteroatoms. The molecule has 1 aromatic heterocycles. The number of primary amides is 1. The van der Waals surface area contributed by atoms with E-state index in [4.69, 9.17) is 5.73 Å². The molecular weight excluding hydrogens is 252 g/mol. The highest BCUT2D eigenvalue weighted by atomic mass is 16.1. The molecule has 0 saturated carbocycles. The maximum atomic E-state index is 10.9. The van der Waals surface area contributed by atoms with E-state index < -0.39 is 5.91 Å². The van der Waals surface area contributed by atoms with Crippen LogP contribution in [0.3, 0.4) is 0 Å². The zero-order chi connectivity index (χ0) is 14.4. The van der Waals surface area contributed by atoms with Crippen molar-refractivity contribution < 1.29 is 4.79 Å². The molecule has 20 heavy (non-hydrogen) atoms. The normalized spacial score (nSPS) is 12.1. The molecule has 1 amide bonds. The third-order valence-electron chi connectivity index (χ3n) is 3.07. The van der Waals surface area contributed by atoms with Gasteiger partial charge in [0.15, 0.2) is 0 Å². The Bertz CT molecular complexity index is 550. The van der Waals surface area contributed by atoms with Gasteiger partial charge in [-0.15, -0.1) is 0 Å². The zero-order valence-electron chi connectivity index (χ0n) is 11.6. The van der Waals surface area contributed by atoms with Crippen LogP contribution < -0.4 is 11.1 Å². The van der Waals surface area contributed by atoms with Crippen molar-refractivity contribution in [3.8, 4) is 0 Å². The number of hydrogen-bond donors (Lipinski definition) is 2. The van der Waals surface area contributed by atoms with E-state index in [9.17, 15) is 4.79 Å². The molecule has 0 aliphatic carbocycles. The molecule has 0 spiro atoms. The number of nitrogens with two attached hydrogens (primary N) is 1. The first-order chi connectivity index (χ1) is 9.69. The molecule has 1 heterocycles. The van der Waals surface area contributed by atoms with Crippen LogP contribution >= 0.6 is 0 Å². The summed E-state index contributed by atoms with van der Waals surface area (Å²) < 4.78 is 1.54. The van der Waals surface area contributed by atoms with E-state index >= 15 is 0 Å². The van der Waals surface area contributed by atoms with E-state index in [2.05, 4.69) is 29.5 Å². The largest absolute Gasteiger partial charge is 0.376 e. The van der Waals surface area contributed by atoms with E-state index in [0.29, 0.717) is 0 Å². The third kappa shape index (κ3) is 3.85. The minimum Gasteiger partial charge on any atom is -0.376 e. The Morgan fingerprint density at radius 1 is 1.40 bits per heavy atom. The highest BCUT2D eigenvalue weighted by molar-refractivity contribution is 5.73. The smallest absolute Gasteiger partial charge is 0.239 e. The van der Waals surface area contributed by atoms with Gasteiger partial charge in [0.2, 0.25) is 5.91 Å². The Hall–Kier alpha value is -2.30. The fourth-order valence-electron chi connectivity index (χ4n) is 2.18. The molecule has 1 atom stereocenters. The van der Waals surface area contributed by atoms with Crippen molar-refractivity contribution in [3.63, 3.8) is 0 Å². The lowest BCUT2D eigenvalue weighted by molar-refractivity contribution is -0.118. The first-order valence-corrected chi connectivity index (χ1v) is 6.81. The van der Waals surface area contributed by atoms with Crippen molar-refractivity contribution in [1.29, 1.82) is 0 Å². The first kappa shape index (κ1) is 14.1. The quantitative estimate of drug-likeness (QED) is 0.812. The molecule has 2 aromatic rings. The average Bonchev–Trinajstić information content (AvgIpc) is 2.86. The van der Waals surface area contributed by atoms with Crippen LogP contribution in [0.15, 0.2) is 42.7 Å². The molecule has 1 aromatic carbocycles. The first-order valence-electron chi connectivity index (χ1n) is 6.81. The number of amides is 1. The standard InChI is InChI=1S/C15H20N4O/c1-2-6-14(12-7-4-3-5-8-12)18-13-9-17-19(10-13)11-15(16)20/h3-5,7-10,14,18H,2,6,11H2,1H3,(H2,16,20). The molecule has 0 bridgehead atoms. The van der Waals surface area contributed by atoms with Crippen molar-refractivity contribution in [2.75, 3.05) is 5.32 Å². The fourth-order valence-corrected chi connectivity index (χ4v) is 2.18. The minimum absolute atomic E-state index is 0.103. The summed E-state index contributed by atoms with van der Waals surface area (Å²) in [4.78, 5) is 10.9. The van der Waals surface area contributed by atoms with Crippen molar-refractivity contribution >= 4 is 11.6 Å². The van der Waals surface area contributed by atoms with E-state index in [1.54, 1.807) is 17.1 Å². The number of nitrogens with one attached hydrogen (secondary N) is 1. The predicted octanol–water partition coefficient (Wildman–Crippen LogP) is 2.32. The summed E-state index contributed by atoms with van der Waals surface area (Å²) in [7, 11) is 0. The number of benzene rings is 1. The van der Waals surface area contributed by atoms with Gasteiger partial charge in [-0.2, -0.15) is 5.10 Å². The van der Waals surface area contributed by atoms with Gasteiger partial charge >= 0.3 is 0 Å². The van der Waals surface area contributed by atoms with Crippen molar-refractivity contribution in [3.05, 3.63) is 48.3 Å². The molecule has 5 nitrogen and oxygen atoms in total. The summed E-state index contributed by atoms with van der Waals surface area (Å²) in [5.41, 5.74) is 7.30. The lowest BCUT2D eigenvalue weighted by Gasteiger charge is -2.18. The third-order valence-corrected chi connectivity index (χ3v) is 3.07. The van der Waals surface area contributed by atoms with Gasteiger partial charge in [-0.05, 0) is 12.0 Å². The number of carbonyl (C=O) groups is 1. The van der Waals surface area contributed by atoms with Crippen molar-refractivity contribution in [2.45, 2.75) is 32.4 Å². The Balaban J connectivity index is 2.08. The molecule has 0 fully saturated rings. The second kappa shape index (κ2) is 6.75. The molecule has 0 radical (unpaired) electrons. The van der Waals surface area contributed by atoms with E-state index in [-0.39, 0.29) is 12.6 Å². The van der Waals surface area contributed by atoms with Gasteiger partial charge in [0.1, 0.15) is 6.54 Å². The van der Waals surface area contributed by atoms with E-state index in [1.165, 1.54) is 5.56 Å². The predicted molar refractivity (Wildman–Crippen MR) is 79.1 cm³/mol. The Labute approximate surface area is 118 Å². The number of hydrogen-bond acceptors (Lipinski definition) is 3. The van der Waals surface area contributed by atoms with Crippen LogP contribution in [-0.4, -0.2) is 15.7 Å². The Kier molecular flexibility index (Phi) is 4.76. The SMILES string of the molecule is CCCC(Nc1cnn(CC(N)=O)c1)c1ccccc1. The molecular formula is C15H20N4O. The van der Waals surface area contributed by atoms with Crippen LogP contribution in [0.4, 0.5) is 5.69 Å². The second-order valence-corrected chi connectivity index (χ2v) is 4.79. The molecule has 3 N–H and O–H groups in total. The zero-order valence-corrected chi connectivity index (χ0v) is 11.6. The number of carbonyl (C=O) groups excluding carboxylic acids is 1. The monoisotopic (exact) mass is 272 g/mol. The Morgan fingerprint density at radius 2 is 2.15 bits per heavy atom. The van der Waals surface area contributed by atoms with Gasteiger partial charge < -0.3 is 11.1 Å². The van der Waals surface area contributed by atoms with Gasteiger partial charge in [0, 0.05) is 6.20 Å². The van der Waals surface area contributed by atoms with Gasteiger partial charge in [0.05, 0.1) is 17.9 Å². The molecule has 2 rings (SSSR count). The second-order valence-electron chi connectivity index (χ2n) is 4.79. The van der Waals surface area contributed by atoms with Crippen molar-refractivity contribution in [1.82, 2.24) is 9.78 Å². The topological polar surface area (TPSA) is 72.9 Å². The minimum atomic E-state index is -0.396. The van der Waals surface area contributed by atoms with Crippen molar-refractivity contribution in [2.24, 2.45) is 5.73 Å². The van der Waals surface area contributed by atoms with E-state index in [1.807, 2.05) is 18.2 Å². The van der Waals surface area contributed by atoms with Crippen LogP contribution in [0.5, 0.6) is 0 Å².